The molecule has 0 aromatic carbocycles. The van der Waals surface area contributed by atoms with Crippen molar-refractivity contribution in [2.24, 2.45) is 51.8 Å². The van der Waals surface area contributed by atoms with Gasteiger partial charge in [-0.2, -0.15) is 0 Å². The highest BCUT2D eigenvalue weighted by Gasteiger charge is 2.58. The Labute approximate surface area is 187 Å². The summed E-state index contributed by atoms with van der Waals surface area (Å²) in [6.45, 7) is 17.6. The van der Waals surface area contributed by atoms with Crippen LogP contribution < -0.4 is 0 Å². The number of hydrogen-bond acceptors (Lipinski definition) is 1. The maximum atomic E-state index is 10.3. The lowest BCUT2D eigenvalue weighted by molar-refractivity contribution is -0.0430. The molecule has 0 bridgehead atoms. The predicted molar refractivity (Wildman–Crippen MR) is 128 cm³/mol. The van der Waals surface area contributed by atoms with E-state index < -0.39 is 0 Å². The molecule has 30 heavy (non-hydrogen) atoms. The van der Waals surface area contributed by atoms with E-state index in [1.807, 2.05) is 5.57 Å². The van der Waals surface area contributed by atoms with Gasteiger partial charge in [0, 0.05) is 0 Å². The molecule has 0 amide bonds. The van der Waals surface area contributed by atoms with Gasteiger partial charge < -0.3 is 5.11 Å². The normalized spacial score (nSPS) is 44.8. The summed E-state index contributed by atoms with van der Waals surface area (Å²) in [5.41, 5.74) is 3.32. The Hall–Kier alpha value is -0.300. The molecule has 0 aromatic heterocycles. The number of aliphatic hydroxyl groups excluding tert-OH is 1. The van der Waals surface area contributed by atoms with Crippen molar-refractivity contribution >= 4 is 0 Å². The summed E-state index contributed by atoms with van der Waals surface area (Å²) in [7, 11) is 0. The highest BCUT2D eigenvalue weighted by molar-refractivity contribution is 5.27. The van der Waals surface area contributed by atoms with E-state index in [1.165, 1.54) is 51.4 Å². The Bertz CT molecular complexity index is 659. The Balaban J connectivity index is 1.50. The van der Waals surface area contributed by atoms with E-state index in [0.717, 1.165) is 42.4 Å². The molecular weight excluding hydrogens is 364 g/mol. The van der Waals surface area contributed by atoms with Crippen molar-refractivity contribution in [2.75, 3.05) is 0 Å². The molecule has 1 heteroatoms. The van der Waals surface area contributed by atoms with Gasteiger partial charge in [-0.3, -0.25) is 0 Å². The van der Waals surface area contributed by atoms with Gasteiger partial charge in [0.25, 0.3) is 0 Å². The average Bonchev–Trinajstić information content (AvgIpc) is 3.04. The largest absolute Gasteiger partial charge is 0.393 e. The lowest BCUT2D eigenvalue weighted by Gasteiger charge is -2.57. The summed E-state index contributed by atoms with van der Waals surface area (Å²) in [6, 6.07) is 0. The van der Waals surface area contributed by atoms with Gasteiger partial charge in [0.2, 0.25) is 0 Å². The van der Waals surface area contributed by atoms with E-state index >= 15 is 0 Å². The molecule has 4 aliphatic rings. The van der Waals surface area contributed by atoms with Crippen molar-refractivity contribution in [3.8, 4) is 0 Å². The first kappa shape index (κ1) is 22.9. The van der Waals surface area contributed by atoms with Crippen molar-refractivity contribution in [3.63, 3.8) is 0 Å². The van der Waals surface area contributed by atoms with Crippen molar-refractivity contribution in [3.05, 3.63) is 11.6 Å². The minimum absolute atomic E-state index is 0.0429. The molecule has 0 aliphatic heterocycles. The third-order valence-electron chi connectivity index (χ3n) is 11.6. The van der Waals surface area contributed by atoms with Crippen LogP contribution in [-0.2, 0) is 0 Å². The molecule has 3 fully saturated rings. The third kappa shape index (κ3) is 3.64. The average molecular weight is 415 g/mol. The molecule has 3 saturated carbocycles. The zero-order valence-corrected chi connectivity index (χ0v) is 21.1. The van der Waals surface area contributed by atoms with E-state index in [9.17, 15) is 5.11 Å². The Morgan fingerprint density at radius 2 is 1.67 bits per heavy atom. The van der Waals surface area contributed by atoms with Crippen LogP contribution in [0.3, 0.4) is 0 Å². The van der Waals surface area contributed by atoms with Gasteiger partial charge in [0.15, 0.2) is 0 Å². The Morgan fingerprint density at radius 3 is 2.37 bits per heavy atom. The van der Waals surface area contributed by atoms with Crippen LogP contribution >= 0.6 is 0 Å². The maximum absolute atomic E-state index is 10.3. The first-order valence-electron chi connectivity index (χ1n) is 13.4. The molecule has 0 spiro atoms. The molecule has 1 N–H and O–H groups in total. The predicted octanol–water partition coefficient (Wildman–Crippen LogP) is 8.02. The number of allylic oxidation sites excluding steroid dienone is 2. The van der Waals surface area contributed by atoms with E-state index in [4.69, 9.17) is 0 Å². The third-order valence-corrected chi connectivity index (χ3v) is 11.6. The minimum atomic E-state index is -0.0429. The van der Waals surface area contributed by atoms with E-state index in [0.29, 0.717) is 22.2 Å². The number of rotatable bonds is 5. The van der Waals surface area contributed by atoms with Crippen LogP contribution in [-0.4, -0.2) is 11.2 Å². The molecule has 172 valence electrons. The second-order valence-electron chi connectivity index (χ2n) is 13.6. The summed E-state index contributed by atoms with van der Waals surface area (Å²) < 4.78 is 0. The quantitative estimate of drug-likeness (QED) is 0.451. The zero-order chi connectivity index (χ0) is 21.9. The molecule has 0 unspecified atom stereocenters. The maximum Gasteiger partial charge on any atom is 0.0543 e. The lowest BCUT2D eigenvalue weighted by Crippen LogP contribution is -2.49. The van der Waals surface area contributed by atoms with Crippen LogP contribution in [0.25, 0.3) is 0 Å². The summed E-state index contributed by atoms with van der Waals surface area (Å²) in [6.07, 6.45) is 15.7. The van der Waals surface area contributed by atoms with Crippen LogP contribution in [0.5, 0.6) is 0 Å². The van der Waals surface area contributed by atoms with Crippen molar-refractivity contribution in [2.45, 2.75) is 119 Å². The summed E-state index contributed by atoms with van der Waals surface area (Å²) in [5, 5.41) is 10.3. The monoisotopic (exact) mass is 414 g/mol. The van der Waals surface area contributed by atoms with Crippen LogP contribution in [0, 0.1) is 51.8 Å². The molecule has 0 heterocycles. The van der Waals surface area contributed by atoms with Gasteiger partial charge in [-0.1, -0.05) is 60.1 Å². The van der Waals surface area contributed by atoms with Crippen LogP contribution in [0.2, 0.25) is 0 Å². The molecule has 0 saturated heterocycles. The fourth-order valence-corrected chi connectivity index (χ4v) is 8.55. The van der Waals surface area contributed by atoms with E-state index in [1.54, 1.807) is 0 Å². The standard InChI is InChI=1S/C29H50O/c1-19(2)27(4,5)15-12-20(3)24-10-11-25-23-9-8-21-18-22(30)13-16-28(21,6)26(23)14-17-29(24,25)7/h9,19-22,24-26,30H,8,10-18H2,1-7H3/t20-,21+,22+,24-,25+,26+,28+,29-/m1/s1. The molecule has 8 atom stereocenters. The molecule has 1 nitrogen and oxygen atoms in total. The van der Waals surface area contributed by atoms with Crippen LogP contribution in [0.4, 0.5) is 0 Å². The van der Waals surface area contributed by atoms with Crippen LogP contribution in [0.1, 0.15) is 113 Å². The van der Waals surface area contributed by atoms with Gasteiger partial charge >= 0.3 is 0 Å². The van der Waals surface area contributed by atoms with Crippen molar-refractivity contribution in [1.29, 1.82) is 0 Å². The minimum Gasteiger partial charge on any atom is -0.393 e. The van der Waals surface area contributed by atoms with Crippen molar-refractivity contribution < 1.29 is 5.11 Å². The highest BCUT2D eigenvalue weighted by atomic mass is 16.3. The first-order chi connectivity index (χ1) is 14.0. The Kier molecular flexibility index (Phi) is 6.05. The number of fused-ring (bicyclic) bond motifs is 5. The molecule has 4 rings (SSSR count). The number of hydrogen-bond donors (Lipinski definition) is 1. The van der Waals surface area contributed by atoms with Gasteiger partial charge in [-0.15, -0.1) is 0 Å². The fourth-order valence-electron chi connectivity index (χ4n) is 8.55. The van der Waals surface area contributed by atoms with E-state index in [2.05, 4.69) is 54.5 Å². The molecule has 4 aliphatic carbocycles. The topological polar surface area (TPSA) is 20.2 Å². The first-order valence-corrected chi connectivity index (χ1v) is 13.4. The molecule has 0 radical (unpaired) electrons. The molecule has 0 aromatic rings. The van der Waals surface area contributed by atoms with Crippen LogP contribution in [0.15, 0.2) is 11.6 Å². The summed E-state index contributed by atoms with van der Waals surface area (Å²) in [5.74, 6) is 4.89. The Morgan fingerprint density at radius 1 is 1.00 bits per heavy atom. The molecular formula is C29H50O. The summed E-state index contributed by atoms with van der Waals surface area (Å²) in [4.78, 5) is 0. The second kappa shape index (κ2) is 7.93. The summed E-state index contributed by atoms with van der Waals surface area (Å²) >= 11 is 0. The van der Waals surface area contributed by atoms with Gasteiger partial charge in [-0.05, 0) is 116 Å². The second-order valence-corrected chi connectivity index (χ2v) is 13.6. The highest BCUT2D eigenvalue weighted by Crippen LogP contribution is 2.67. The van der Waals surface area contributed by atoms with E-state index in [-0.39, 0.29) is 6.10 Å². The van der Waals surface area contributed by atoms with Gasteiger partial charge in [-0.25, -0.2) is 0 Å². The zero-order valence-electron chi connectivity index (χ0n) is 21.1. The lowest BCUT2D eigenvalue weighted by atomic mass is 9.47. The smallest absolute Gasteiger partial charge is 0.0543 e. The number of aliphatic hydroxyl groups is 1. The van der Waals surface area contributed by atoms with Gasteiger partial charge in [0.05, 0.1) is 6.10 Å². The van der Waals surface area contributed by atoms with Gasteiger partial charge in [0.1, 0.15) is 0 Å². The van der Waals surface area contributed by atoms with Crippen molar-refractivity contribution in [1.82, 2.24) is 0 Å². The fraction of sp³-hybridized carbons (Fsp3) is 0.931. The SMILES string of the molecule is CC(C)C(C)(C)CC[C@@H](C)[C@H]1CC[C@H]2C3=CC[C@H]4C[C@@H](O)CC[C@]4(C)[C@H]3CC[C@]12C.